The highest BCUT2D eigenvalue weighted by molar-refractivity contribution is 5.94. The number of nitrogens with zero attached hydrogens (tertiary/aromatic N) is 1. The summed E-state index contributed by atoms with van der Waals surface area (Å²) in [5.41, 5.74) is 0.238. The number of carbonyl (C=O) groups is 1. The lowest BCUT2D eigenvalue weighted by Gasteiger charge is -2.33. The third kappa shape index (κ3) is 3.06. The van der Waals surface area contributed by atoms with Crippen molar-refractivity contribution >= 4 is 5.91 Å². The van der Waals surface area contributed by atoms with Crippen LogP contribution in [0.4, 0.5) is 4.39 Å². The van der Waals surface area contributed by atoms with Crippen LogP contribution < -0.4 is 5.32 Å². The lowest BCUT2D eigenvalue weighted by molar-refractivity contribution is 0.0915. The minimum atomic E-state index is -0.566. The Balaban J connectivity index is 1.94. The summed E-state index contributed by atoms with van der Waals surface area (Å²) in [6, 6.07) is 1.41. The number of aromatic nitrogens is 1. The first-order valence-corrected chi connectivity index (χ1v) is 6.48. The van der Waals surface area contributed by atoms with Gasteiger partial charge in [0.05, 0.1) is 11.8 Å². The predicted octanol–water partition coefficient (Wildman–Crippen LogP) is 2.92. The smallest absolute Gasteiger partial charge is 0.254 e. The fraction of sp³-hybridized carbons (Fsp3) is 0.571. The first kappa shape index (κ1) is 13.0. The normalized spacial score (nSPS) is 18.3. The zero-order valence-electron chi connectivity index (χ0n) is 10.7. The quantitative estimate of drug-likeness (QED) is 0.896. The number of rotatable bonds is 3. The van der Waals surface area contributed by atoms with Gasteiger partial charge in [-0.05, 0) is 24.3 Å². The van der Waals surface area contributed by atoms with Crippen molar-refractivity contribution in [2.45, 2.75) is 39.0 Å². The Morgan fingerprint density at radius 1 is 1.44 bits per heavy atom. The van der Waals surface area contributed by atoms with Crippen molar-refractivity contribution in [3.8, 4) is 0 Å². The predicted molar refractivity (Wildman–Crippen MR) is 67.7 cm³/mol. The van der Waals surface area contributed by atoms with E-state index in [1.165, 1.54) is 31.5 Å². The monoisotopic (exact) mass is 250 g/mol. The number of pyridine rings is 1. The van der Waals surface area contributed by atoms with E-state index in [9.17, 15) is 9.18 Å². The maximum Gasteiger partial charge on any atom is 0.254 e. The van der Waals surface area contributed by atoms with E-state index in [-0.39, 0.29) is 16.9 Å². The minimum Gasteiger partial charge on any atom is -0.351 e. The molecule has 4 heteroatoms. The van der Waals surface area contributed by atoms with Gasteiger partial charge in [0.1, 0.15) is 0 Å². The Hall–Kier alpha value is -1.45. The van der Waals surface area contributed by atoms with Gasteiger partial charge in [0, 0.05) is 12.7 Å². The Morgan fingerprint density at radius 3 is 2.83 bits per heavy atom. The maximum absolute atomic E-state index is 13.4. The number of carbonyl (C=O) groups excluding carboxylic acids is 1. The SMILES string of the molecule is CC1(CNC(=O)c2ccncc2F)CCCCC1. The van der Waals surface area contributed by atoms with Crippen molar-refractivity contribution in [1.29, 1.82) is 0 Å². The molecule has 1 amide bonds. The Morgan fingerprint density at radius 2 is 2.17 bits per heavy atom. The molecule has 1 heterocycles. The van der Waals surface area contributed by atoms with E-state index in [1.807, 2.05) is 0 Å². The third-order valence-corrected chi connectivity index (χ3v) is 3.75. The zero-order valence-corrected chi connectivity index (χ0v) is 10.7. The molecule has 0 spiro atoms. The molecule has 1 saturated carbocycles. The second-order valence-electron chi connectivity index (χ2n) is 5.41. The summed E-state index contributed by atoms with van der Waals surface area (Å²) in [6.07, 6.45) is 8.48. The van der Waals surface area contributed by atoms with Crippen LogP contribution in [0.2, 0.25) is 0 Å². The maximum atomic E-state index is 13.4. The highest BCUT2D eigenvalue weighted by Gasteiger charge is 2.27. The van der Waals surface area contributed by atoms with Gasteiger partial charge in [-0.1, -0.05) is 26.2 Å². The zero-order chi connectivity index (χ0) is 13.0. The molecule has 1 aliphatic rings. The molecule has 98 valence electrons. The van der Waals surface area contributed by atoms with Crippen LogP contribution in [0.25, 0.3) is 0 Å². The first-order chi connectivity index (χ1) is 8.61. The molecule has 18 heavy (non-hydrogen) atoms. The van der Waals surface area contributed by atoms with E-state index in [0.29, 0.717) is 6.54 Å². The van der Waals surface area contributed by atoms with E-state index in [2.05, 4.69) is 17.2 Å². The summed E-state index contributed by atoms with van der Waals surface area (Å²) in [4.78, 5) is 15.5. The molecule has 0 unspecified atom stereocenters. The number of hydrogen-bond acceptors (Lipinski definition) is 2. The van der Waals surface area contributed by atoms with Gasteiger partial charge in [-0.15, -0.1) is 0 Å². The highest BCUT2D eigenvalue weighted by Crippen LogP contribution is 2.34. The summed E-state index contributed by atoms with van der Waals surface area (Å²) < 4.78 is 13.4. The van der Waals surface area contributed by atoms with Gasteiger partial charge in [-0.2, -0.15) is 0 Å². The van der Waals surface area contributed by atoms with Crippen LogP contribution in [0.5, 0.6) is 0 Å². The summed E-state index contributed by atoms with van der Waals surface area (Å²) in [5, 5.41) is 2.84. The van der Waals surface area contributed by atoms with Crippen LogP contribution in [0, 0.1) is 11.2 Å². The molecular weight excluding hydrogens is 231 g/mol. The van der Waals surface area contributed by atoms with Gasteiger partial charge >= 0.3 is 0 Å². The van der Waals surface area contributed by atoms with Gasteiger partial charge in [0.25, 0.3) is 5.91 Å². The van der Waals surface area contributed by atoms with Gasteiger partial charge in [0.15, 0.2) is 5.82 Å². The molecule has 1 aliphatic carbocycles. The number of nitrogens with one attached hydrogen (secondary N) is 1. The molecule has 1 aromatic rings. The highest BCUT2D eigenvalue weighted by atomic mass is 19.1. The average molecular weight is 250 g/mol. The lowest BCUT2D eigenvalue weighted by Crippen LogP contribution is -2.37. The van der Waals surface area contributed by atoms with Crippen molar-refractivity contribution in [3.63, 3.8) is 0 Å². The van der Waals surface area contributed by atoms with E-state index < -0.39 is 5.82 Å². The minimum absolute atomic E-state index is 0.0735. The van der Waals surface area contributed by atoms with Crippen molar-refractivity contribution in [2.24, 2.45) is 5.41 Å². The number of hydrogen-bond donors (Lipinski definition) is 1. The van der Waals surface area contributed by atoms with Crippen molar-refractivity contribution in [1.82, 2.24) is 10.3 Å². The molecule has 0 saturated heterocycles. The molecular formula is C14H19FN2O. The average Bonchev–Trinajstić information content (AvgIpc) is 2.38. The lowest BCUT2D eigenvalue weighted by atomic mass is 9.76. The summed E-state index contributed by atoms with van der Waals surface area (Å²) in [5.74, 6) is -0.912. The fourth-order valence-electron chi connectivity index (χ4n) is 2.53. The van der Waals surface area contributed by atoms with E-state index in [0.717, 1.165) is 19.0 Å². The van der Waals surface area contributed by atoms with Crippen LogP contribution in [0.15, 0.2) is 18.5 Å². The van der Waals surface area contributed by atoms with Crippen LogP contribution in [-0.2, 0) is 0 Å². The Kier molecular flexibility index (Phi) is 3.94. The van der Waals surface area contributed by atoms with Gasteiger partial charge in [0.2, 0.25) is 0 Å². The summed E-state index contributed by atoms with van der Waals surface area (Å²) in [7, 11) is 0. The van der Waals surface area contributed by atoms with Crippen molar-refractivity contribution in [2.75, 3.05) is 6.54 Å². The Bertz CT molecular complexity index is 428. The molecule has 0 aliphatic heterocycles. The van der Waals surface area contributed by atoms with Crippen molar-refractivity contribution in [3.05, 3.63) is 29.8 Å². The molecule has 1 fully saturated rings. The molecule has 1 N–H and O–H groups in total. The van der Waals surface area contributed by atoms with Crippen LogP contribution in [0.1, 0.15) is 49.4 Å². The van der Waals surface area contributed by atoms with E-state index >= 15 is 0 Å². The van der Waals surface area contributed by atoms with E-state index in [4.69, 9.17) is 0 Å². The molecule has 0 aromatic carbocycles. The van der Waals surface area contributed by atoms with Crippen LogP contribution in [-0.4, -0.2) is 17.4 Å². The Labute approximate surface area is 107 Å². The molecule has 3 nitrogen and oxygen atoms in total. The molecule has 2 rings (SSSR count). The second-order valence-corrected chi connectivity index (χ2v) is 5.41. The van der Waals surface area contributed by atoms with Gasteiger partial charge in [-0.3, -0.25) is 9.78 Å². The molecule has 0 bridgehead atoms. The fourth-order valence-corrected chi connectivity index (χ4v) is 2.53. The van der Waals surface area contributed by atoms with Gasteiger partial charge < -0.3 is 5.32 Å². The number of amides is 1. The summed E-state index contributed by atoms with van der Waals surface area (Å²) >= 11 is 0. The topological polar surface area (TPSA) is 42.0 Å². The molecule has 0 atom stereocenters. The second kappa shape index (κ2) is 5.46. The first-order valence-electron chi connectivity index (χ1n) is 6.48. The van der Waals surface area contributed by atoms with Crippen LogP contribution >= 0.6 is 0 Å². The number of halogens is 1. The van der Waals surface area contributed by atoms with Crippen LogP contribution in [0.3, 0.4) is 0 Å². The third-order valence-electron chi connectivity index (χ3n) is 3.75. The van der Waals surface area contributed by atoms with Crippen molar-refractivity contribution < 1.29 is 9.18 Å². The standard InChI is InChI=1S/C14H19FN2O/c1-14(6-3-2-4-7-14)10-17-13(18)11-5-8-16-9-12(11)15/h5,8-9H,2-4,6-7,10H2,1H3,(H,17,18). The van der Waals surface area contributed by atoms with Gasteiger partial charge in [-0.25, -0.2) is 4.39 Å². The van der Waals surface area contributed by atoms with E-state index in [1.54, 1.807) is 0 Å². The molecule has 0 radical (unpaired) electrons. The molecule has 1 aromatic heterocycles. The summed E-state index contributed by atoms with van der Waals surface area (Å²) in [6.45, 7) is 2.81. The largest absolute Gasteiger partial charge is 0.351 e.